The zero-order chi connectivity index (χ0) is 13.5. The molecule has 0 aliphatic carbocycles. The zero-order valence-corrected chi connectivity index (χ0v) is 10.8. The van der Waals surface area contributed by atoms with Crippen molar-refractivity contribution in [1.82, 2.24) is 5.32 Å². The molecule has 0 aromatic heterocycles. The number of ether oxygens (including phenoxy) is 1. The van der Waals surface area contributed by atoms with E-state index in [4.69, 9.17) is 11.5 Å². The number of esters is 1. The minimum Gasteiger partial charge on any atom is -0.468 e. The van der Waals surface area contributed by atoms with E-state index in [2.05, 4.69) is 10.1 Å². The van der Waals surface area contributed by atoms with Gasteiger partial charge in [0.05, 0.1) is 13.2 Å². The lowest BCUT2D eigenvalue weighted by atomic mass is 9.95. The van der Waals surface area contributed by atoms with E-state index in [-0.39, 0.29) is 11.9 Å². The molecule has 0 saturated heterocycles. The molecule has 6 nitrogen and oxygen atoms in total. The lowest BCUT2D eigenvalue weighted by Gasteiger charge is -2.21. The molecular formula is C11H23N3O3. The number of amides is 1. The fourth-order valence-electron chi connectivity index (χ4n) is 1.60. The Balaban J connectivity index is 3.92. The first-order valence-electron chi connectivity index (χ1n) is 5.69. The van der Waals surface area contributed by atoms with Crippen LogP contribution >= 0.6 is 0 Å². The molecule has 0 aromatic rings. The molecule has 0 radical (unpaired) electrons. The van der Waals surface area contributed by atoms with Gasteiger partial charge in [-0.25, -0.2) is 0 Å². The Morgan fingerprint density at radius 1 is 1.41 bits per heavy atom. The van der Waals surface area contributed by atoms with Crippen LogP contribution in [0.1, 0.15) is 32.6 Å². The molecule has 17 heavy (non-hydrogen) atoms. The van der Waals surface area contributed by atoms with Gasteiger partial charge in [-0.1, -0.05) is 12.8 Å². The van der Waals surface area contributed by atoms with Crippen molar-refractivity contribution in [1.29, 1.82) is 0 Å². The van der Waals surface area contributed by atoms with Crippen molar-refractivity contribution in [3.8, 4) is 0 Å². The number of hydrogen-bond donors (Lipinski definition) is 3. The van der Waals surface area contributed by atoms with Gasteiger partial charge >= 0.3 is 5.97 Å². The fourth-order valence-corrected chi connectivity index (χ4v) is 1.60. The van der Waals surface area contributed by atoms with Gasteiger partial charge in [0.1, 0.15) is 5.54 Å². The van der Waals surface area contributed by atoms with Crippen molar-refractivity contribution in [2.75, 3.05) is 14.2 Å². The summed E-state index contributed by atoms with van der Waals surface area (Å²) in [6, 6.07) is -0.322. The summed E-state index contributed by atoms with van der Waals surface area (Å²) >= 11 is 0. The van der Waals surface area contributed by atoms with Crippen molar-refractivity contribution in [3.63, 3.8) is 0 Å². The zero-order valence-electron chi connectivity index (χ0n) is 10.8. The first-order valence-corrected chi connectivity index (χ1v) is 5.69. The third-order valence-corrected chi connectivity index (χ3v) is 2.78. The number of carbonyl (C=O) groups is 2. The molecule has 0 fully saturated rings. The van der Waals surface area contributed by atoms with Gasteiger partial charge in [-0.05, 0) is 26.8 Å². The second-order valence-electron chi connectivity index (χ2n) is 4.40. The number of nitrogens with two attached hydrogens (primary N) is 2. The SMILES string of the molecule is CNC(CCCCC(C)(N)C(=O)OC)C(N)=O. The summed E-state index contributed by atoms with van der Waals surface area (Å²) in [6.07, 6.45) is 2.68. The van der Waals surface area contributed by atoms with E-state index in [1.807, 2.05) is 0 Å². The van der Waals surface area contributed by atoms with Crippen LogP contribution in [0.15, 0.2) is 0 Å². The third kappa shape index (κ3) is 5.65. The molecule has 0 heterocycles. The lowest BCUT2D eigenvalue weighted by Crippen LogP contribution is -2.45. The molecule has 100 valence electrons. The lowest BCUT2D eigenvalue weighted by molar-refractivity contribution is -0.146. The summed E-state index contributed by atoms with van der Waals surface area (Å²) in [6.45, 7) is 1.64. The summed E-state index contributed by atoms with van der Waals surface area (Å²) in [5.41, 5.74) is 10.0. The standard InChI is InChI=1S/C11H23N3O3/c1-11(13,10(16)17-3)7-5-4-6-8(14-2)9(12)15/h8,14H,4-7,13H2,1-3H3,(H2,12,15). The molecule has 0 aliphatic rings. The Bertz CT molecular complexity index is 267. The van der Waals surface area contributed by atoms with Gasteiger partial charge in [-0.3, -0.25) is 9.59 Å². The van der Waals surface area contributed by atoms with Crippen LogP contribution in [-0.4, -0.2) is 37.6 Å². The number of unbranched alkanes of at least 4 members (excludes halogenated alkanes) is 1. The van der Waals surface area contributed by atoms with E-state index in [0.29, 0.717) is 12.8 Å². The molecular weight excluding hydrogens is 222 g/mol. The summed E-state index contributed by atoms with van der Waals surface area (Å²) in [5.74, 6) is -0.784. The normalized spacial score (nSPS) is 16.0. The average Bonchev–Trinajstić information content (AvgIpc) is 2.27. The van der Waals surface area contributed by atoms with Gasteiger partial charge in [0.15, 0.2) is 0 Å². The number of hydrogen-bond acceptors (Lipinski definition) is 5. The molecule has 5 N–H and O–H groups in total. The fraction of sp³-hybridized carbons (Fsp3) is 0.818. The Hall–Kier alpha value is -1.14. The van der Waals surface area contributed by atoms with E-state index in [1.54, 1.807) is 14.0 Å². The van der Waals surface area contributed by atoms with Crippen LogP contribution in [0.5, 0.6) is 0 Å². The maximum absolute atomic E-state index is 11.3. The number of nitrogens with one attached hydrogen (secondary N) is 1. The highest BCUT2D eigenvalue weighted by Crippen LogP contribution is 2.14. The highest BCUT2D eigenvalue weighted by Gasteiger charge is 2.28. The van der Waals surface area contributed by atoms with Crippen LogP contribution in [0.4, 0.5) is 0 Å². The second kappa shape index (κ2) is 7.24. The molecule has 0 aromatic carbocycles. The van der Waals surface area contributed by atoms with Crippen molar-refractivity contribution in [3.05, 3.63) is 0 Å². The molecule has 0 saturated carbocycles. The predicted octanol–water partition coefficient (Wildman–Crippen LogP) is -0.489. The number of methoxy groups -OCH3 is 1. The molecule has 6 heteroatoms. The summed E-state index contributed by atoms with van der Waals surface area (Å²) in [5, 5.41) is 2.84. The van der Waals surface area contributed by atoms with Crippen LogP contribution in [-0.2, 0) is 14.3 Å². The van der Waals surface area contributed by atoms with E-state index in [1.165, 1.54) is 7.11 Å². The molecule has 2 unspecified atom stereocenters. The second-order valence-corrected chi connectivity index (χ2v) is 4.40. The van der Waals surface area contributed by atoms with Crippen LogP contribution in [0.2, 0.25) is 0 Å². The van der Waals surface area contributed by atoms with Crippen molar-refractivity contribution >= 4 is 11.9 Å². The summed E-state index contributed by atoms with van der Waals surface area (Å²) in [4.78, 5) is 22.2. The Labute approximate surface area is 102 Å². The van der Waals surface area contributed by atoms with Crippen molar-refractivity contribution < 1.29 is 14.3 Å². The van der Waals surface area contributed by atoms with E-state index in [9.17, 15) is 9.59 Å². The molecule has 0 aliphatic heterocycles. The average molecular weight is 245 g/mol. The van der Waals surface area contributed by atoms with Crippen LogP contribution in [0.25, 0.3) is 0 Å². The van der Waals surface area contributed by atoms with Gasteiger partial charge in [-0.15, -0.1) is 0 Å². The molecule has 0 rings (SSSR count). The van der Waals surface area contributed by atoms with E-state index < -0.39 is 11.5 Å². The summed E-state index contributed by atoms with van der Waals surface area (Å²) in [7, 11) is 3.01. The minimum absolute atomic E-state index is 0.322. The third-order valence-electron chi connectivity index (χ3n) is 2.78. The number of rotatable bonds is 8. The molecule has 2 atom stereocenters. The highest BCUT2D eigenvalue weighted by atomic mass is 16.5. The number of carbonyl (C=O) groups excluding carboxylic acids is 2. The highest BCUT2D eigenvalue weighted by molar-refractivity contribution is 5.80. The smallest absolute Gasteiger partial charge is 0.325 e. The molecule has 0 bridgehead atoms. The first kappa shape index (κ1) is 15.9. The Morgan fingerprint density at radius 2 is 2.00 bits per heavy atom. The van der Waals surface area contributed by atoms with Crippen LogP contribution in [0, 0.1) is 0 Å². The Morgan fingerprint density at radius 3 is 2.41 bits per heavy atom. The monoisotopic (exact) mass is 245 g/mol. The van der Waals surface area contributed by atoms with Gasteiger partial charge in [0, 0.05) is 0 Å². The van der Waals surface area contributed by atoms with Gasteiger partial charge in [0.2, 0.25) is 5.91 Å². The number of primary amides is 1. The van der Waals surface area contributed by atoms with Gasteiger partial charge in [-0.2, -0.15) is 0 Å². The van der Waals surface area contributed by atoms with Gasteiger partial charge in [0.25, 0.3) is 0 Å². The van der Waals surface area contributed by atoms with Crippen LogP contribution in [0.3, 0.4) is 0 Å². The van der Waals surface area contributed by atoms with Gasteiger partial charge < -0.3 is 21.5 Å². The molecule has 0 spiro atoms. The van der Waals surface area contributed by atoms with Crippen molar-refractivity contribution in [2.24, 2.45) is 11.5 Å². The first-order chi connectivity index (χ1) is 7.85. The maximum Gasteiger partial charge on any atom is 0.325 e. The largest absolute Gasteiger partial charge is 0.468 e. The topological polar surface area (TPSA) is 107 Å². The summed E-state index contributed by atoms with van der Waals surface area (Å²) < 4.78 is 4.60. The Kier molecular flexibility index (Phi) is 6.75. The molecule has 1 amide bonds. The van der Waals surface area contributed by atoms with Crippen LogP contribution < -0.4 is 16.8 Å². The van der Waals surface area contributed by atoms with E-state index >= 15 is 0 Å². The minimum atomic E-state index is -0.962. The predicted molar refractivity (Wildman–Crippen MR) is 65.1 cm³/mol. The maximum atomic E-state index is 11.3. The van der Waals surface area contributed by atoms with E-state index in [0.717, 1.165) is 12.8 Å². The number of likely N-dealkylation sites (N-methyl/N-ethyl adjacent to an activating group) is 1. The quantitative estimate of drug-likeness (QED) is 0.395. The van der Waals surface area contributed by atoms with Crippen molar-refractivity contribution in [2.45, 2.75) is 44.2 Å².